The zero-order valence-electron chi connectivity index (χ0n) is 19.2. The van der Waals surface area contributed by atoms with Crippen LogP contribution in [0.5, 0.6) is 0 Å². The largest absolute Gasteiger partial charge is 0.423 e. The zero-order chi connectivity index (χ0) is 25.1. The highest BCUT2D eigenvalue weighted by Crippen LogP contribution is 2.54. The molecule has 35 heavy (non-hydrogen) atoms. The number of carbonyl (C=O) groups excluding carboxylic acids is 1. The lowest BCUT2D eigenvalue weighted by Crippen LogP contribution is -2.67. The number of likely N-dealkylation sites (tertiary alicyclic amines) is 1. The highest BCUT2D eigenvalue weighted by atomic mass is 19.4. The van der Waals surface area contributed by atoms with Gasteiger partial charge in [-0.3, -0.25) is 4.68 Å². The fourth-order valence-electron chi connectivity index (χ4n) is 5.18. The van der Waals surface area contributed by atoms with Crippen molar-refractivity contribution in [2.24, 2.45) is 13.0 Å². The van der Waals surface area contributed by atoms with Gasteiger partial charge >= 0.3 is 12.2 Å². The molecule has 1 N–H and O–H groups in total. The van der Waals surface area contributed by atoms with Gasteiger partial charge in [0, 0.05) is 32.0 Å². The molecule has 0 radical (unpaired) electrons. The Morgan fingerprint density at radius 2 is 2.06 bits per heavy atom. The first-order chi connectivity index (χ1) is 16.5. The highest BCUT2D eigenvalue weighted by Gasteiger charge is 2.61. The van der Waals surface area contributed by atoms with Gasteiger partial charge < -0.3 is 14.6 Å². The molecular weight excluding hydrogens is 470 g/mol. The van der Waals surface area contributed by atoms with Crippen molar-refractivity contribution in [2.45, 2.75) is 57.3 Å². The molecule has 3 heterocycles. The Balaban J connectivity index is 1.52. The van der Waals surface area contributed by atoms with Crippen molar-refractivity contribution in [3.05, 3.63) is 41.6 Å². The van der Waals surface area contributed by atoms with Crippen molar-refractivity contribution in [1.29, 1.82) is 0 Å². The number of fused-ring (bicyclic) bond motifs is 2. The molecule has 13 heteroatoms. The quantitative estimate of drug-likeness (QED) is 0.533. The average Bonchev–Trinajstić information content (AvgIpc) is 3.31. The number of anilines is 1. The predicted octanol–water partition coefficient (Wildman–Crippen LogP) is 4.65. The summed E-state index contributed by atoms with van der Waals surface area (Å²) >= 11 is 0. The summed E-state index contributed by atoms with van der Waals surface area (Å²) < 4.78 is 62.7. The van der Waals surface area contributed by atoms with Gasteiger partial charge in [0.25, 0.3) is 0 Å². The van der Waals surface area contributed by atoms with Gasteiger partial charge in [-0.1, -0.05) is 13.3 Å². The van der Waals surface area contributed by atoms with Crippen LogP contribution in [0.25, 0.3) is 11.4 Å². The minimum atomic E-state index is -4.85. The molecule has 186 valence electrons. The number of halogens is 4. The Kier molecular flexibility index (Phi) is 5.33. The van der Waals surface area contributed by atoms with Gasteiger partial charge in [0.15, 0.2) is 5.82 Å². The van der Waals surface area contributed by atoms with Crippen molar-refractivity contribution < 1.29 is 26.8 Å². The summed E-state index contributed by atoms with van der Waals surface area (Å²) in [7, 11) is 1.50. The minimum Gasteiger partial charge on any atom is -0.423 e. The molecule has 2 bridgehead atoms. The Labute approximate surface area is 197 Å². The normalized spacial score (nSPS) is 24.1. The van der Waals surface area contributed by atoms with Gasteiger partial charge in [-0.15, -0.1) is 10.2 Å². The molecule has 1 aliphatic carbocycles. The second-order valence-corrected chi connectivity index (χ2v) is 9.22. The molecule has 3 atom stereocenters. The van der Waals surface area contributed by atoms with E-state index in [2.05, 4.69) is 25.6 Å². The minimum absolute atomic E-state index is 0.154. The van der Waals surface area contributed by atoms with Crippen molar-refractivity contribution >= 4 is 11.7 Å². The van der Waals surface area contributed by atoms with Crippen LogP contribution in [0, 0.1) is 18.7 Å². The molecule has 3 aromatic rings. The number of aryl methyl sites for hydroxylation is 2. The second kappa shape index (κ2) is 8.02. The highest BCUT2D eigenvalue weighted by molar-refractivity contribution is 5.92. The van der Waals surface area contributed by atoms with Crippen LogP contribution < -0.4 is 5.32 Å². The van der Waals surface area contributed by atoms with E-state index < -0.39 is 40.4 Å². The Hall–Kier alpha value is -3.51. The van der Waals surface area contributed by atoms with E-state index in [4.69, 9.17) is 4.42 Å². The molecule has 1 saturated carbocycles. The molecule has 0 spiro atoms. The van der Waals surface area contributed by atoms with E-state index in [9.17, 15) is 22.4 Å². The lowest BCUT2D eigenvalue weighted by atomic mass is 9.74. The SMILES string of the molecule is Cc1nnc(C23CCC[C@@H](C)[C@H](C2)N3C(=O)Nc2cc(-c3ncn(C)n3)c(C(F)(F)F)cc2F)o1. The number of carbonyl (C=O) groups is 1. The fourth-order valence-corrected chi connectivity index (χ4v) is 5.18. The van der Waals surface area contributed by atoms with E-state index in [1.807, 2.05) is 6.92 Å². The molecule has 2 aromatic heterocycles. The fraction of sp³-hybridized carbons (Fsp3) is 0.500. The number of nitrogens with zero attached hydrogens (tertiary/aromatic N) is 6. The van der Waals surface area contributed by atoms with Crippen LogP contribution in [0.2, 0.25) is 0 Å². The standard InChI is InChI=1S/C22H23F4N7O2/c1-11-5-4-6-21(19-30-29-12(2)35-19)9-17(11)33(21)20(34)28-16-7-13(18-27-10-32(3)31-18)14(8-15(16)23)22(24,25)26/h7-8,10-11,17H,4-6,9H2,1-3H3,(H,28,34)/t11-,17+,21?/m1/s1. The Morgan fingerprint density at radius 3 is 2.69 bits per heavy atom. The predicted molar refractivity (Wildman–Crippen MR) is 114 cm³/mol. The molecule has 5 rings (SSSR count). The van der Waals surface area contributed by atoms with Crippen LogP contribution in [0.1, 0.15) is 50.0 Å². The van der Waals surface area contributed by atoms with Crippen LogP contribution in [-0.4, -0.2) is 41.9 Å². The van der Waals surface area contributed by atoms with E-state index in [0.717, 1.165) is 18.9 Å². The summed E-state index contributed by atoms with van der Waals surface area (Å²) in [6.07, 6.45) is -0.706. The Bertz CT molecular complexity index is 1290. The summed E-state index contributed by atoms with van der Waals surface area (Å²) in [5.74, 6) is -0.617. The maximum absolute atomic E-state index is 14.9. The third-order valence-electron chi connectivity index (χ3n) is 6.88. The number of hydrogen-bond acceptors (Lipinski definition) is 6. The van der Waals surface area contributed by atoms with Gasteiger partial charge in [-0.05, 0) is 30.9 Å². The van der Waals surface area contributed by atoms with E-state index >= 15 is 0 Å². The second-order valence-electron chi connectivity index (χ2n) is 9.22. The maximum Gasteiger partial charge on any atom is 0.417 e. The molecule has 2 aliphatic rings. The third-order valence-corrected chi connectivity index (χ3v) is 6.88. The number of aromatic nitrogens is 5. The summed E-state index contributed by atoms with van der Waals surface area (Å²) in [6, 6.07) is 0.468. The number of benzene rings is 1. The summed E-state index contributed by atoms with van der Waals surface area (Å²) in [6.45, 7) is 3.68. The molecular formula is C22H23F4N7O2. The van der Waals surface area contributed by atoms with E-state index in [1.165, 1.54) is 18.1 Å². The van der Waals surface area contributed by atoms with E-state index in [-0.39, 0.29) is 17.8 Å². The van der Waals surface area contributed by atoms with Gasteiger partial charge in [-0.2, -0.15) is 18.3 Å². The van der Waals surface area contributed by atoms with Crippen LogP contribution in [0.15, 0.2) is 22.9 Å². The molecule has 1 aromatic carbocycles. The van der Waals surface area contributed by atoms with Crippen LogP contribution in [-0.2, 0) is 18.8 Å². The van der Waals surface area contributed by atoms with Gasteiger partial charge in [0.05, 0.1) is 11.3 Å². The molecule has 1 unspecified atom stereocenters. The van der Waals surface area contributed by atoms with Crippen molar-refractivity contribution in [3.8, 4) is 11.4 Å². The number of alkyl halides is 3. The van der Waals surface area contributed by atoms with Gasteiger partial charge in [0.2, 0.25) is 11.8 Å². The smallest absolute Gasteiger partial charge is 0.417 e. The van der Waals surface area contributed by atoms with Crippen molar-refractivity contribution in [2.75, 3.05) is 5.32 Å². The molecule has 2 fully saturated rings. The maximum atomic E-state index is 14.9. The number of hydrogen-bond donors (Lipinski definition) is 1. The number of amides is 2. The van der Waals surface area contributed by atoms with Crippen molar-refractivity contribution in [1.82, 2.24) is 29.9 Å². The van der Waals surface area contributed by atoms with Gasteiger partial charge in [0.1, 0.15) is 17.7 Å². The summed E-state index contributed by atoms with van der Waals surface area (Å²) in [4.78, 5) is 18.9. The third kappa shape index (κ3) is 3.82. The zero-order valence-corrected chi connectivity index (χ0v) is 19.2. The summed E-state index contributed by atoms with van der Waals surface area (Å²) in [5, 5.41) is 14.4. The van der Waals surface area contributed by atoms with Crippen LogP contribution in [0.3, 0.4) is 0 Å². The monoisotopic (exact) mass is 493 g/mol. The lowest BCUT2D eigenvalue weighted by molar-refractivity contribution is -0.137. The lowest BCUT2D eigenvalue weighted by Gasteiger charge is -2.56. The number of nitrogens with one attached hydrogen (secondary N) is 1. The van der Waals surface area contributed by atoms with Gasteiger partial charge in [-0.25, -0.2) is 14.2 Å². The molecule has 9 nitrogen and oxygen atoms in total. The number of rotatable bonds is 3. The first kappa shape index (κ1) is 23.2. The topological polar surface area (TPSA) is 102 Å². The van der Waals surface area contributed by atoms with Crippen LogP contribution in [0.4, 0.5) is 28.0 Å². The van der Waals surface area contributed by atoms with Crippen molar-refractivity contribution in [3.63, 3.8) is 0 Å². The first-order valence-corrected chi connectivity index (χ1v) is 11.2. The number of urea groups is 1. The van der Waals surface area contributed by atoms with E-state index in [0.29, 0.717) is 30.7 Å². The first-order valence-electron chi connectivity index (χ1n) is 11.2. The average molecular weight is 493 g/mol. The molecule has 2 amide bonds. The van der Waals surface area contributed by atoms with E-state index in [1.54, 1.807) is 11.8 Å². The van der Waals surface area contributed by atoms with Crippen LogP contribution >= 0.6 is 0 Å². The molecule has 1 aliphatic heterocycles. The molecule has 1 saturated heterocycles. The Morgan fingerprint density at radius 1 is 1.29 bits per heavy atom. The summed E-state index contributed by atoms with van der Waals surface area (Å²) in [5.41, 5.74) is -2.91.